The van der Waals surface area contributed by atoms with E-state index >= 15 is 0 Å². The molecule has 0 bridgehead atoms. The highest BCUT2D eigenvalue weighted by molar-refractivity contribution is 7.71. The molecule has 0 aliphatic carbocycles. The van der Waals surface area contributed by atoms with E-state index in [4.69, 9.17) is 16.6 Å². The number of fused-ring (bicyclic) bond motifs is 2. The van der Waals surface area contributed by atoms with E-state index in [-0.39, 0.29) is 0 Å². The van der Waals surface area contributed by atoms with Crippen LogP contribution in [0.1, 0.15) is 78.5 Å². The Labute approximate surface area is 226 Å². The highest BCUT2D eigenvalue weighted by Gasteiger charge is 2.28. The van der Waals surface area contributed by atoms with Crippen LogP contribution in [0.25, 0.3) is 23.1 Å². The summed E-state index contributed by atoms with van der Waals surface area (Å²) in [5, 5.41) is 1.30. The van der Waals surface area contributed by atoms with E-state index in [9.17, 15) is 0 Å². The summed E-state index contributed by atoms with van der Waals surface area (Å²) in [6, 6.07) is 7.30. The van der Waals surface area contributed by atoms with Crippen LogP contribution in [0.3, 0.4) is 0 Å². The lowest BCUT2D eigenvalue weighted by Crippen LogP contribution is -2.34. The lowest BCUT2D eigenvalue weighted by atomic mass is 9.86. The topological polar surface area (TPSA) is 19.6 Å². The van der Waals surface area contributed by atoms with Crippen LogP contribution in [0.5, 0.6) is 0 Å². The molecule has 192 valence electrons. The van der Waals surface area contributed by atoms with Gasteiger partial charge in [-0.05, 0) is 128 Å². The van der Waals surface area contributed by atoms with Crippen LogP contribution in [0.4, 0.5) is 11.4 Å². The quantitative estimate of drug-likeness (QED) is 0.332. The molecule has 37 heavy (non-hydrogen) atoms. The molecule has 0 saturated heterocycles. The third kappa shape index (κ3) is 4.03. The number of rotatable bonds is 4. The van der Waals surface area contributed by atoms with E-state index in [2.05, 4.69) is 54.0 Å². The zero-order valence-corrected chi connectivity index (χ0v) is 23.2. The lowest BCUT2D eigenvalue weighted by Gasteiger charge is -2.37. The van der Waals surface area contributed by atoms with Gasteiger partial charge in [0.1, 0.15) is 5.58 Å². The number of nitrogens with zero attached hydrogens (tertiary/aromatic N) is 2. The molecule has 7 rings (SSSR count). The smallest absolute Gasteiger partial charge is 0.198 e. The molecule has 4 aliphatic rings. The van der Waals surface area contributed by atoms with Crippen LogP contribution < -0.4 is 9.80 Å². The molecule has 4 aliphatic heterocycles. The number of hydrogen-bond acceptors (Lipinski definition) is 4. The Balaban J connectivity index is 1.37. The van der Waals surface area contributed by atoms with Crippen LogP contribution in [0.15, 0.2) is 22.6 Å². The summed E-state index contributed by atoms with van der Waals surface area (Å²) in [5.41, 5.74) is 13.8. The van der Waals surface area contributed by atoms with Crippen molar-refractivity contribution in [3.63, 3.8) is 0 Å². The van der Waals surface area contributed by atoms with E-state index in [1.807, 2.05) is 0 Å². The van der Waals surface area contributed by atoms with Gasteiger partial charge >= 0.3 is 0 Å². The molecule has 3 nitrogen and oxygen atoms in total. The molecule has 0 amide bonds. The largest absolute Gasteiger partial charge is 0.444 e. The predicted octanol–water partition coefficient (Wildman–Crippen LogP) is 7.93. The molecule has 0 N–H and O–H groups in total. The Hall–Kier alpha value is -2.59. The second-order valence-electron chi connectivity index (χ2n) is 12.0. The normalized spacial score (nSPS) is 18.6. The van der Waals surface area contributed by atoms with Gasteiger partial charge in [0.05, 0.1) is 0 Å². The summed E-state index contributed by atoms with van der Waals surface area (Å²) in [6.07, 6.45) is 15.2. The first-order valence-electron chi connectivity index (χ1n) is 14.5. The van der Waals surface area contributed by atoms with Gasteiger partial charge in [-0.15, -0.1) is 0 Å². The first-order valence-corrected chi connectivity index (χ1v) is 15.0. The van der Waals surface area contributed by atoms with Crippen molar-refractivity contribution in [2.24, 2.45) is 5.92 Å². The number of aryl methyl sites for hydroxylation is 4. The fourth-order valence-corrected chi connectivity index (χ4v) is 7.77. The van der Waals surface area contributed by atoms with Gasteiger partial charge in [-0.2, -0.15) is 0 Å². The minimum atomic E-state index is 0.551. The molecular formula is C33H38N2OS. The fourth-order valence-electron chi connectivity index (χ4n) is 7.49. The minimum absolute atomic E-state index is 0.551. The van der Waals surface area contributed by atoms with Crippen molar-refractivity contribution in [3.8, 4) is 0 Å². The van der Waals surface area contributed by atoms with Crippen LogP contribution >= 0.6 is 12.2 Å². The fraction of sp³-hybridized carbons (Fsp3) is 0.485. The SMILES string of the molecule is CC(C)Cc1c(/C=C/c2cc3c4c(c2)CCCN4CCC3)c(=S)oc2c3c4c(cc12)CCCN4CCC3. The molecule has 4 heteroatoms. The van der Waals surface area contributed by atoms with E-state index in [0.29, 0.717) is 10.6 Å². The molecule has 1 aromatic heterocycles. The van der Waals surface area contributed by atoms with Crippen LogP contribution in [0.2, 0.25) is 0 Å². The van der Waals surface area contributed by atoms with Gasteiger partial charge in [-0.1, -0.05) is 19.9 Å². The van der Waals surface area contributed by atoms with Crippen molar-refractivity contribution in [2.45, 2.75) is 71.6 Å². The maximum absolute atomic E-state index is 6.56. The summed E-state index contributed by atoms with van der Waals surface area (Å²) in [6.45, 7) is 9.41. The first kappa shape index (κ1) is 23.5. The predicted molar refractivity (Wildman–Crippen MR) is 159 cm³/mol. The molecule has 0 spiro atoms. The third-order valence-corrected chi connectivity index (χ3v) is 9.25. The summed E-state index contributed by atoms with van der Waals surface area (Å²) < 4.78 is 7.21. The average molecular weight is 511 g/mol. The van der Waals surface area contributed by atoms with E-state index in [1.165, 1.54) is 121 Å². The average Bonchev–Trinajstić information content (AvgIpc) is 2.89. The van der Waals surface area contributed by atoms with Gasteiger partial charge < -0.3 is 14.2 Å². The Bertz CT molecular complexity index is 1450. The number of hydrogen-bond donors (Lipinski definition) is 0. The number of anilines is 2. The van der Waals surface area contributed by atoms with Gasteiger partial charge in [0.15, 0.2) is 4.71 Å². The van der Waals surface area contributed by atoms with Gasteiger partial charge in [-0.3, -0.25) is 0 Å². The molecular weight excluding hydrogens is 472 g/mol. The van der Waals surface area contributed by atoms with Gasteiger partial charge in [0.25, 0.3) is 0 Å². The third-order valence-electron chi connectivity index (χ3n) is 8.95. The summed E-state index contributed by atoms with van der Waals surface area (Å²) in [5.74, 6) is 0.551. The molecule has 0 fully saturated rings. The van der Waals surface area contributed by atoms with Crippen LogP contribution in [-0.4, -0.2) is 26.2 Å². The maximum Gasteiger partial charge on any atom is 0.198 e. The van der Waals surface area contributed by atoms with E-state index < -0.39 is 0 Å². The Morgan fingerprint density at radius 3 is 2.05 bits per heavy atom. The van der Waals surface area contributed by atoms with E-state index in [0.717, 1.165) is 24.0 Å². The summed E-state index contributed by atoms with van der Waals surface area (Å²) in [4.78, 5) is 5.21. The Kier molecular flexibility index (Phi) is 5.92. The monoisotopic (exact) mass is 510 g/mol. The molecule has 0 unspecified atom stereocenters. The highest BCUT2D eigenvalue weighted by Crippen LogP contribution is 2.42. The highest BCUT2D eigenvalue weighted by atomic mass is 32.1. The standard InChI is InChI=1S/C33H38N2OS/c1-21(2)17-28-26(12-11-22-18-23-7-3-13-34-14-4-8-24(19-22)30(23)34)33(37)36-32-27-10-6-16-35-15-5-9-25(31(27)35)20-29(28)32/h11-12,18-21H,3-10,13-17H2,1-2H3/b12-11+. The van der Waals surface area contributed by atoms with Crippen LogP contribution in [0, 0.1) is 10.6 Å². The molecule has 5 heterocycles. The second kappa shape index (κ2) is 9.31. The summed E-state index contributed by atoms with van der Waals surface area (Å²) >= 11 is 5.98. The molecule has 0 radical (unpaired) electrons. The van der Waals surface area contributed by atoms with Crippen molar-refractivity contribution in [2.75, 3.05) is 36.0 Å². The van der Waals surface area contributed by atoms with Crippen molar-refractivity contribution >= 4 is 46.7 Å². The molecule has 0 saturated carbocycles. The Morgan fingerprint density at radius 2 is 1.41 bits per heavy atom. The molecule has 2 aromatic carbocycles. The molecule has 0 atom stereocenters. The zero-order chi connectivity index (χ0) is 25.1. The van der Waals surface area contributed by atoms with Crippen molar-refractivity contribution in [1.82, 2.24) is 0 Å². The van der Waals surface area contributed by atoms with Crippen molar-refractivity contribution in [1.29, 1.82) is 0 Å². The summed E-state index contributed by atoms with van der Waals surface area (Å²) in [7, 11) is 0. The van der Waals surface area contributed by atoms with Gasteiger partial charge in [0, 0.05) is 54.1 Å². The van der Waals surface area contributed by atoms with Crippen molar-refractivity contribution in [3.05, 3.63) is 61.9 Å². The number of benzene rings is 2. The Morgan fingerprint density at radius 1 is 0.811 bits per heavy atom. The second-order valence-corrected chi connectivity index (χ2v) is 12.4. The van der Waals surface area contributed by atoms with Crippen LogP contribution in [-0.2, 0) is 32.1 Å². The lowest BCUT2D eigenvalue weighted by molar-refractivity contribution is 0.563. The first-order chi connectivity index (χ1) is 18.1. The van der Waals surface area contributed by atoms with Gasteiger partial charge in [-0.25, -0.2) is 0 Å². The van der Waals surface area contributed by atoms with E-state index in [1.54, 1.807) is 0 Å². The minimum Gasteiger partial charge on any atom is -0.444 e. The van der Waals surface area contributed by atoms with Crippen molar-refractivity contribution < 1.29 is 4.42 Å². The van der Waals surface area contributed by atoms with Gasteiger partial charge in [0.2, 0.25) is 0 Å². The molecule has 3 aromatic rings. The zero-order valence-electron chi connectivity index (χ0n) is 22.4. The maximum atomic E-state index is 6.56.